The van der Waals surface area contributed by atoms with E-state index < -0.39 is 0 Å². The molecule has 2 heteroatoms. The Bertz CT molecular complexity index is 343. The van der Waals surface area contributed by atoms with Gasteiger partial charge in [-0.3, -0.25) is 4.98 Å². The van der Waals surface area contributed by atoms with Crippen LogP contribution in [0.25, 0.3) is 0 Å². The van der Waals surface area contributed by atoms with Gasteiger partial charge in [0.2, 0.25) is 0 Å². The molecule has 86 valence electrons. The van der Waals surface area contributed by atoms with E-state index in [2.05, 4.69) is 29.4 Å². The zero-order chi connectivity index (χ0) is 11.2. The molecule has 1 aromatic rings. The Morgan fingerprint density at radius 1 is 1.50 bits per heavy atom. The molecule has 1 unspecified atom stereocenters. The summed E-state index contributed by atoms with van der Waals surface area (Å²) in [6, 6.07) is 4.57. The van der Waals surface area contributed by atoms with Crippen molar-refractivity contribution in [3.63, 3.8) is 0 Å². The Labute approximate surface area is 97.8 Å². The minimum Gasteiger partial charge on any atom is -0.306 e. The van der Waals surface area contributed by atoms with Gasteiger partial charge in [0, 0.05) is 12.4 Å². The van der Waals surface area contributed by atoms with Crippen LogP contribution in [-0.2, 0) is 0 Å². The molecule has 0 aromatic carbocycles. The molecule has 2 nitrogen and oxygen atoms in total. The summed E-state index contributed by atoms with van der Waals surface area (Å²) in [6.45, 7) is 3.27. The van der Waals surface area contributed by atoms with Crippen molar-refractivity contribution < 1.29 is 0 Å². The van der Waals surface area contributed by atoms with Gasteiger partial charge in [-0.05, 0) is 43.9 Å². The molecule has 0 amide bonds. The van der Waals surface area contributed by atoms with Crippen LogP contribution < -0.4 is 5.32 Å². The fourth-order valence-corrected chi connectivity index (χ4v) is 2.26. The van der Waals surface area contributed by atoms with E-state index in [9.17, 15) is 0 Å². The van der Waals surface area contributed by atoms with Crippen molar-refractivity contribution in [2.75, 3.05) is 6.54 Å². The first-order valence-electron chi connectivity index (χ1n) is 6.24. The zero-order valence-electron chi connectivity index (χ0n) is 9.95. The molecule has 0 saturated heterocycles. The van der Waals surface area contributed by atoms with Crippen molar-refractivity contribution in [2.24, 2.45) is 0 Å². The third kappa shape index (κ3) is 2.70. The quantitative estimate of drug-likeness (QED) is 0.764. The van der Waals surface area contributed by atoms with Crippen LogP contribution in [0.3, 0.4) is 0 Å². The van der Waals surface area contributed by atoms with Crippen LogP contribution in [0, 0.1) is 0 Å². The van der Waals surface area contributed by atoms with E-state index in [-0.39, 0.29) is 0 Å². The van der Waals surface area contributed by atoms with Crippen molar-refractivity contribution in [3.8, 4) is 0 Å². The van der Waals surface area contributed by atoms with Crippen LogP contribution in [0.5, 0.6) is 0 Å². The van der Waals surface area contributed by atoms with Crippen LogP contribution in [0.4, 0.5) is 0 Å². The van der Waals surface area contributed by atoms with Gasteiger partial charge in [-0.1, -0.05) is 24.6 Å². The van der Waals surface area contributed by atoms with Crippen LogP contribution >= 0.6 is 0 Å². The zero-order valence-corrected chi connectivity index (χ0v) is 9.95. The predicted molar refractivity (Wildman–Crippen MR) is 67.2 cm³/mol. The molecule has 1 atom stereocenters. The van der Waals surface area contributed by atoms with E-state index in [1.54, 1.807) is 5.57 Å². The van der Waals surface area contributed by atoms with Crippen molar-refractivity contribution >= 4 is 0 Å². The van der Waals surface area contributed by atoms with Crippen LogP contribution in [-0.4, -0.2) is 11.5 Å². The Morgan fingerprint density at radius 2 is 2.44 bits per heavy atom. The lowest BCUT2D eigenvalue weighted by molar-refractivity contribution is 0.577. The van der Waals surface area contributed by atoms with Gasteiger partial charge in [0.1, 0.15) is 0 Å². The third-order valence-corrected chi connectivity index (χ3v) is 3.06. The first-order valence-corrected chi connectivity index (χ1v) is 6.24. The van der Waals surface area contributed by atoms with E-state index in [1.165, 1.54) is 31.2 Å². The van der Waals surface area contributed by atoms with Gasteiger partial charge in [0.15, 0.2) is 0 Å². The van der Waals surface area contributed by atoms with Crippen LogP contribution in [0.15, 0.2) is 36.2 Å². The highest BCUT2D eigenvalue weighted by Crippen LogP contribution is 2.30. The number of rotatable bonds is 5. The van der Waals surface area contributed by atoms with E-state index >= 15 is 0 Å². The van der Waals surface area contributed by atoms with Crippen molar-refractivity contribution in [1.82, 2.24) is 10.3 Å². The maximum absolute atomic E-state index is 4.22. The second-order valence-corrected chi connectivity index (χ2v) is 4.34. The van der Waals surface area contributed by atoms with Gasteiger partial charge < -0.3 is 5.32 Å². The predicted octanol–water partition coefficient (Wildman–Crippen LogP) is 3.23. The molecule has 0 spiro atoms. The fraction of sp³-hybridized carbons (Fsp3) is 0.500. The second kappa shape index (κ2) is 5.80. The number of hydrogen-bond donors (Lipinski definition) is 1. The lowest BCUT2D eigenvalue weighted by Crippen LogP contribution is -2.23. The van der Waals surface area contributed by atoms with Crippen molar-refractivity contribution in [2.45, 2.75) is 38.6 Å². The molecule has 0 aliphatic heterocycles. The van der Waals surface area contributed by atoms with Crippen molar-refractivity contribution in [1.29, 1.82) is 0 Å². The largest absolute Gasteiger partial charge is 0.306 e. The number of aromatic nitrogens is 1. The number of pyridine rings is 1. The summed E-state index contributed by atoms with van der Waals surface area (Å²) in [5.41, 5.74) is 2.84. The highest BCUT2D eigenvalue weighted by molar-refractivity contribution is 5.27. The molecule has 2 rings (SSSR count). The Hall–Kier alpha value is -1.15. The average molecular weight is 216 g/mol. The molecule has 1 aliphatic rings. The monoisotopic (exact) mass is 216 g/mol. The molecule has 1 heterocycles. The molecule has 0 radical (unpaired) electrons. The molecule has 1 aliphatic carbocycles. The summed E-state index contributed by atoms with van der Waals surface area (Å²) < 4.78 is 0. The van der Waals surface area contributed by atoms with Gasteiger partial charge >= 0.3 is 0 Å². The summed E-state index contributed by atoms with van der Waals surface area (Å²) >= 11 is 0. The van der Waals surface area contributed by atoms with Crippen LogP contribution in [0.2, 0.25) is 0 Å². The summed E-state index contributed by atoms with van der Waals surface area (Å²) in [5, 5.41) is 3.62. The van der Waals surface area contributed by atoms with Gasteiger partial charge in [0.25, 0.3) is 0 Å². The molecule has 0 fully saturated rings. The standard InChI is InChI=1S/C14H20N2/c1-2-9-16-14(12-6-3-4-7-12)13-8-5-10-15-11-13/h5-6,8,10-11,14,16H,2-4,7,9H2,1H3. The maximum atomic E-state index is 4.22. The molecular formula is C14H20N2. The number of hydrogen-bond acceptors (Lipinski definition) is 2. The van der Waals surface area contributed by atoms with E-state index in [0.29, 0.717) is 6.04 Å². The van der Waals surface area contributed by atoms with Crippen LogP contribution in [0.1, 0.15) is 44.2 Å². The summed E-state index contributed by atoms with van der Waals surface area (Å²) in [7, 11) is 0. The minimum absolute atomic E-state index is 0.385. The summed E-state index contributed by atoms with van der Waals surface area (Å²) in [4.78, 5) is 4.22. The van der Waals surface area contributed by atoms with Gasteiger partial charge in [-0.25, -0.2) is 0 Å². The number of allylic oxidation sites excluding steroid dienone is 1. The van der Waals surface area contributed by atoms with Crippen molar-refractivity contribution in [3.05, 3.63) is 41.7 Å². The molecule has 1 aromatic heterocycles. The first-order chi connectivity index (χ1) is 7.92. The number of nitrogens with zero attached hydrogens (tertiary/aromatic N) is 1. The summed E-state index contributed by atoms with van der Waals surface area (Å²) in [6.07, 6.45) is 11.1. The van der Waals surface area contributed by atoms with E-state index in [0.717, 1.165) is 6.54 Å². The second-order valence-electron chi connectivity index (χ2n) is 4.34. The smallest absolute Gasteiger partial charge is 0.0551 e. The molecule has 0 bridgehead atoms. The van der Waals surface area contributed by atoms with Gasteiger partial charge in [-0.15, -0.1) is 0 Å². The first kappa shape index (κ1) is 11.3. The van der Waals surface area contributed by atoms with Gasteiger partial charge in [-0.2, -0.15) is 0 Å². The lowest BCUT2D eigenvalue weighted by atomic mass is 9.99. The Balaban J connectivity index is 2.14. The third-order valence-electron chi connectivity index (χ3n) is 3.06. The topological polar surface area (TPSA) is 24.9 Å². The highest BCUT2D eigenvalue weighted by Gasteiger charge is 2.18. The normalized spacial score (nSPS) is 17.2. The van der Waals surface area contributed by atoms with E-state index in [1.807, 2.05) is 18.5 Å². The molecular weight excluding hydrogens is 196 g/mol. The fourth-order valence-electron chi connectivity index (χ4n) is 2.26. The lowest BCUT2D eigenvalue weighted by Gasteiger charge is -2.20. The van der Waals surface area contributed by atoms with Gasteiger partial charge in [0.05, 0.1) is 6.04 Å². The van der Waals surface area contributed by atoms with E-state index in [4.69, 9.17) is 0 Å². The molecule has 0 saturated carbocycles. The average Bonchev–Trinajstić information content (AvgIpc) is 2.85. The minimum atomic E-state index is 0.385. The molecule has 16 heavy (non-hydrogen) atoms. The Morgan fingerprint density at radius 3 is 3.06 bits per heavy atom. The maximum Gasteiger partial charge on any atom is 0.0551 e. The molecule has 1 N–H and O–H groups in total. The number of nitrogens with one attached hydrogen (secondary N) is 1. The Kier molecular flexibility index (Phi) is 4.11. The highest BCUT2D eigenvalue weighted by atomic mass is 14.9. The SMILES string of the molecule is CCCNC(C1=CCCC1)c1cccnc1. The summed E-state index contributed by atoms with van der Waals surface area (Å²) in [5.74, 6) is 0.